The zero-order valence-corrected chi connectivity index (χ0v) is 14.9. The standard InChI is InChI=1S/C18H25BN2O3/c1-17(2)18(3,4)24-19(23-17)14-5-7-15(8-6-14)22-16-9-11-21(13-16)12-10-20/h5-8,16H,9,11-13H2,1-4H3. The predicted octanol–water partition coefficient (Wildman–Crippen LogP) is 1.96. The average Bonchev–Trinajstić information content (AvgIpc) is 3.02. The first-order valence-corrected chi connectivity index (χ1v) is 8.52. The minimum absolute atomic E-state index is 0.154. The summed E-state index contributed by atoms with van der Waals surface area (Å²) in [6.45, 7) is 10.4. The molecular weight excluding hydrogens is 303 g/mol. The highest BCUT2D eigenvalue weighted by molar-refractivity contribution is 6.62. The van der Waals surface area contributed by atoms with Crippen LogP contribution in [0.1, 0.15) is 34.1 Å². The van der Waals surface area contributed by atoms with Crippen LogP contribution in [0, 0.1) is 11.3 Å². The van der Waals surface area contributed by atoms with E-state index in [9.17, 15) is 0 Å². The molecule has 0 aliphatic carbocycles. The van der Waals surface area contributed by atoms with Gasteiger partial charge in [0.1, 0.15) is 11.9 Å². The Kier molecular flexibility index (Phi) is 4.61. The lowest BCUT2D eigenvalue weighted by molar-refractivity contribution is 0.00578. The summed E-state index contributed by atoms with van der Waals surface area (Å²) in [6.07, 6.45) is 1.11. The van der Waals surface area contributed by atoms with Gasteiger partial charge in [0.15, 0.2) is 0 Å². The van der Waals surface area contributed by atoms with Crippen LogP contribution in [0.15, 0.2) is 24.3 Å². The van der Waals surface area contributed by atoms with Crippen molar-refractivity contribution in [2.45, 2.75) is 51.4 Å². The first-order chi connectivity index (χ1) is 11.3. The van der Waals surface area contributed by atoms with Gasteiger partial charge in [0.25, 0.3) is 0 Å². The van der Waals surface area contributed by atoms with Gasteiger partial charge in [-0.2, -0.15) is 5.26 Å². The maximum Gasteiger partial charge on any atom is 0.494 e. The SMILES string of the molecule is CC1(C)OB(c2ccc(OC3CCN(CC#N)C3)cc2)OC1(C)C. The number of nitrogens with zero attached hydrogens (tertiary/aromatic N) is 2. The number of benzene rings is 1. The van der Waals surface area contributed by atoms with Gasteiger partial charge in [-0.05, 0) is 51.7 Å². The summed E-state index contributed by atoms with van der Waals surface area (Å²) in [5, 5.41) is 8.75. The molecule has 2 fully saturated rings. The van der Waals surface area contributed by atoms with E-state index in [2.05, 4.69) is 38.7 Å². The van der Waals surface area contributed by atoms with Gasteiger partial charge in [-0.1, -0.05) is 12.1 Å². The number of ether oxygens (including phenoxy) is 1. The largest absolute Gasteiger partial charge is 0.494 e. The maximum atomic E-state index is 8.75. The highest BCUT2D eigenvalue weighted by Gasteiger charge is 2.51. The lowest BCUT2D eigenvalue weighted by Gasteiger charge is -2.32. The van der Waals surface area contributed by atoms with Crippen LogP contribution in [0.4, 0.5) is 0 Å². The Morgan fingerprint density at radius 2 is 1.83 bits per heavy atom. The summed E-state index contributed by atoms with van der Waals surface area (Å²) >= 11 is 0. The molecule has 0 aromatic heterocycles. The fraction of sp³-hybridized carbons (Fsp3) is 0.611. The van der Waals surface area contributed by atoms with Crippen molar-refractivity contribution >= 4 is 12.6 Å². The van der Waals surface area contributed by atoms with Crippen LogP contribution in [-0.4, -0.2) is 49.0 Å². The van der Waals surface area contributed by atoms with Crippen molar-refractivity contribution in [1.82, 2.24) is 4.90 Å². The molecule has 0 saturated carbocycles. The number of rotatable bonds is 4. The first kappa shape index (κ1) is 17.3. The van der Waals surface area contributed by atoms with Crippen LogP contribution < -0.4 is 10.2 Å². The molecule has 6 heteroatoms. The summed E-state index contributed by atoms with van der Waals surface area (Å²) in [5.41, 5.74) is 0.334. The van der Waals surface area contributed by atoms with Crippen molar-refractivity contribution in [3.05, 3.63) is 24.3 Å². The lowest BCUT2D eigenvalue weighted by Crippen LogP contribution is -2.41. The normalized spacial score (nSPS) is 25.6. The van der Waals surface area contributed by atoms with Crippen molar-refractivity contribution in [2.24, 2.45) is 0 Å². The average molecular weight is 328 g/mol. The molecule has 0 spiro atoms. The van der Waals surface area contributed by atoms with Gasteiger partial charge >= 0.3 is 7.12 Å². The third-order valence-electron chi connectivity index (χ3n) is 5.23. The molecule has 0 radical (unpaired) electrons. The van der Waals surface area contributed by atoms with E-state index < -0.39 is 0 Å². The molecule has 2 heterocycles. The third-order valence-corrected chi connectivity index (χ3v) is 5.23. The molecule has 0 amide bonds. The molecule has 2 aliphatic rings. The van der Waals surface area contributed by atoms with E-state index in [1.807, 2.05) is 24.3 Å². The molecule has 2 saturated heterocycles. The second kappa shape index (κ2) is 6.40. The number of hydrogen-bond donors (Lipinski definition) is 0. The summed E-state index contributed by atoms with van der Waals surface area (Å²) in [6, 6.07) is 10.1. The fourth-order valence-electron chi connectivity index (χ4n) is 3.01. The Hall–Kier alpha value is -1.55. The number of nitriles is 1. The van der Waals surface area contributed by atoms with E-state index in [0.717, 1.165) is 30.7 Å². The van der Waals surface area contributed by atoms with E-state index in [4.69, 9.17) is 19.3 Å². The van der Waals surface area contributed by atoms with E-state index >= 15 is 0 Å². The Bertz CT molecular complexity index is 608. The molecule has 1 unspecified atom stereocenters. The second-order valence-electron chi connectivity index (χ2n) is 7.58. The molecule has 1 aromatic carbocycles. The number of hydrogen-bond acceptors (Lipinski definition) is 5. The highest BCUT2D eigenvalue weighted by Crippen LogP contribution is 2.36. The van der Waals surface area contributed by atoms with Crippen molar-refractivity contribution in [3.63, 3.8) is 0 Å². The molecule has 5 nitrogen and oxygen atoms in total. The Labute approximate surface area is 144 Å². The monoisotopic (exact) mass is 328 g/mol. The Morgan fingerprint density at radius 3 is 2.42 bits per heavy atom. The van der Waals surface area contributed by atoms with Crippen molar-refractivity contribution in [3.8, 4) is 11.8 Å². The van der Waals surface area contributed by atoms with E-state index in [-0.39, 0.29) is 24.4 Å². The van der Waals surface area contributed by atoms with Gasteiger partial charge in [-0.25, -0.2) is 0 Å². The summed E-state index contributed by atoms with van der Waals surface area (Å²) in [4.78, 5) is 2.11. The van der Waals surface area contributed by atoms with Gasteiger partial charge in [-0.15, -0.1) is 0 Å². The number of likely N-dealkylation sites (tertiary alicyclic amines) is 1. The third kappa shape index (κ3) is 3.44. The summed E-state index contributed by atoms with van der Waals surface area (Å²) in [7, 11) is -0.346. The summed E-state index contributed by atoms with van der Waals surface area (Å²) < 4.78 is 18.1. The minimum atomic E-state index is -0.346. The fourth-order valence-corrected chi connectivity index (χ4v) is 3.01. The van der Waals surface area contributed by atoms with Crippen LogP contribution in [0.3, 0.4) is 0 Å². The van der Waals surface area contributed by atoms with Crippen LogP contribution in [0.5, 0.6) is 5.75 Å². The molecule has 0 N–H and O–H groups in total. The first-order valence-electron chi connectivity index (χ1n) is 8.52. The van der Waals surface area contributed by atoms with Gasteiger partial charge < -0.3 is 14.0 Å². The Balaban J connectivity index is 1.60. The maximum absolute atomic E-state index is 8.75. The van der Waals surface area contributed by atoms with Gasteiger partial charge in [0, 0.05) is 13.1 Å². The van der Waals surface area contributed by atoms with E-state index in [1.54, 1.807) is 0 Å². The minimum Gasteiger partial charge on any atom is -0.489 e. The molecule has 1 aromatic rings. The highest BCUT2D eigenvalue weighted by atomic mass is 16.7. The molecular formula is C18H25BN2O3. The topological polar surface area (TPSA) is 54.7 Å². The zero-order valence-electron chi connectivity index (χ0n) is 14.9. The van der Waals surface area contributed by atoms with E-state index in [1.165, 1.54) is 0 Å². The van der Waals surface area contributed by atoms with Crippen molar-refractivity contribution in [1.29, 1.82) is 5.26 Å². The molecule has 24 heavy (non-hydrogen) atoms. The van der Waals surface area contributed by atoms with Crippen LogP contribution in [-0.2, 0) is 9.31 Å². The second-order valence-corrected chi connectivity index (χ2v) is 7.58. The zero-order chi connectivity index (χ0) is 17.4. The molecule has 3 rings (SSSR count). The molecule has 1 atom stereocenters. The van der Waals surface area contributed by atoms with Crippen molar-refractivity contribution in [2.75, 3.05) is 19.6 Å². The van der Waals surface area contributed by atoms with Crippen LogP contribution >= 0.6 is 0 Å². The molecule has 128 valence electrons. The van der Waals surface area contributed by atoms with Gasteiger partial charge in [0.2, 0.25) is 0 Å². The quantitative estimate of drug-likeness (QED) is 0.625. The molecule has 2 aliphatic heterocycles. The Morgan fingerprint density at radius 1 is 1.21 bits per heavy atom. The van der Waals surface area contributed by atoms with Gasteiger partial charge in [-0.3, -0.25) is 4.90 Å². The van der Waals surface area contributed by atoms with Crippen molar-refractivity contribution < 1.29 is 14.0 Å². The molecule has 0 bridgehead atoms. The van der Waals surface area contributed by atoms with Gasteiger partial charge in [0.05, 0.1) is 23.8 Å². The van der Waals surface area contributed by atoms with Crippen LogP contribution in [0.2, 0.25) is 0 Å². The lowest BCUT2D eigenvalue weighted by atomic mass is 9.79. The summed E-state index contributed by atoms with van der Waals surface area (Å²) in [5.74, 6) is 0.846. The van der Waals surface area contributed by atoms with Crippen LogP contribution in [0.25, 0.3) is 0 Å². The van der Waals surface area contributed by atoms with E-state index in [0.29, 0.717) is 6.54 Å². The predicted molar refractivity (Wildman–Crippen MR) is 93.2 cm³/mol. The smallest absolute Gasteiger partial charge is 0.489 e.